The van der Waals surface area contributed by atoms with E-state index in [2.05, 4.69) is 21.4 Å². The zero-order valence-corrected chi connectivity index (χ0v) is 8.56. The summed E-state index contributed by atoms with van der Waals surface area (Å²) in [7, 11) is 0. The van der Waals surface area contributed by atoms with Gasteiger partial charge < -0.3 is 9.67 Å². The van der Waals surface area contributed by atoms with E-state index < -0.39 is 0 Å². The lowest BCUT2D eigenvalue weighted by Crippen LogP contribution is -2.47. The van der Waals surface area contributed by atoms with E-state index in [-0.39, 0.29) is 0 Å². The zero-order valence-electron chi connectivity index (χ0n) is 8.56. The van der Waals surface area contributed by atoms with Crippen LogP contribution in [0.5, 0.6) is 0 Å². The first-order valence-electron chi connectivity index (χ1n) is 5.16. The summed E-state index contributed by atoms with van der Waals surface area (Å²) < 4.78 is 2.16. The molecule has 14 heavy (non-hydrogen) atoms. The topological polar surface area (TPSA) is 41.3 Å². The van der Waals surface area contributed by atoms with Crippen LogP contribution in [-0.2, 0) is 13.1 Å². The van der Waals surface area contributed by atoms with Gasteiger partial charge in [-0.2, -0.15) is 0 Å². The number of aryl methyl sites for hydroxylation is 1. The van der Waals surface area contributed by atoms with Gasteiger partial charge in [0.15, 0.2) is 0 Å². The Kier molecular flexibility index (Phi) is 2.84. The van der Waals surface area contributed by atoms with Crippen LogP contribution in [0.4, 0.5) is 0 Å². The van der Waals surface area contributed by atoms with Crippen molar-refractivity contribution in [1.82, 2.24) is 14.5 Å². The van der Waals surface area contributed by atoms with Crippen molar-refractivity contribution in [1.29, 1.82) is 0 Å². The summed E-state index contributed by atoms with van der Waals surface area (Å²) in [5, 5.41) is 8.88. The Morgan fingerprint density at radius 2 is 2.36 bits per heavy atom. The summed E-state index contributed by atoms with van der Waals surface area (Å²) in [5.74, 6) is 1.61. The van der Waals surface area contributed by atoms with Crippen LogP contribution in [0.15, 0.2) is 12.4 Å². The first-order chi connectivity index (χ1) is 6.83. The lowest BCUT2D eigenvalue weighted by molar-refractivity contribution is 0.0452. The van der Waals surface area contributed by atoms with Crippen molar-refractivity contribution in [3.8, 4) is 0 Å². The van der Waals surface area contributed by atoms with Gasteiger partial charge in [0.1, 0.15) is 5.82 Å². The Labute approximate surface area is 84.2 Å². The third kappa shape index (κ3) is 1.81. The molecule has 1 N–H and O–H groups in total. The van der Waals surface area contributed by atoms with E-state index in [1.165, 1.54) is 0 Å². The quantitative estimate of drug-likeness (QED) is 0.752. The van der Waals surface area contributed by atoms with Gasteiger partial charge in [0, 0.05) is 44.6 Å². The highest BCUT2D eigenvalue weighted by Crippen LogP contribution is 2.17. The molecule has 0 radical (unpaired) electrons. The molecule has 0 aromatic carbocycles. The normalized spacial score (nSPS) is 18.4. The Balaban J connectivity index is 1.86. The Bertz CT molecular complexity index is 291. The third-order valence-corrected chi connectivity index (χ3v) is 2.80. The summed E-state index contributed by atoms with van der Waals surface area (Å²) in [6.07, 6.45) is 3.86. The molecule has 1 aliphatic heterocycles. The maximum atomic E-state index is 8.88. The minimum Gasteiger partial charge on any atom is -0.396 e. The smallest absolute Gasteiger partial charge is 0.122 e. The fraction of sp³-hybridized carbons (Fsp3) is 0.700. The molecule has 2 heterocycles. The second-order valence-corrected chi connectivity index (χ2v) is 3.87. The van der Waals surface area contributed by atoms with E-state index in [1.54, 1.807) is 0 Å². The van der Waals surface area contributed by atoms with Gasteiger partial charge in [0.2, 0.25) is 0 Å². The van der Waals surface area contributed by atoms with Crippen molar-refractivity contribution < 1.29 is 5.11 Å². The van der Waals surface area contributed by atoms with Gasteiger partial charge in [-0.3, -0.25) is 4.90 Å². The van der Waals surface area contributed by atoms with Crippen LogP contribution in [0.3, 0.4) is 0 Å². The number of rotatable bonds is 4. The maximum Gasteiger partial charge on any atom is 0.122 e. The minimum atomic E-state index is 0.318. The average molecular weight is 195 g/mol. The lowest BCUT2D eigenvalue weighted by atomic mass is 10.0. The first kappa shape index (κ1) is 9.68. The van der Waals surface area contributed by atoms with Crippen molar-refractivity contribution in [3.05, 3.63) is 18.2 Å². The number of aromatic nitrogens is 2. The van der Waals surface area contributed by atoms with E-state index in [4.69, 9.17) is 5.11 Å². The highest BCUT2D eigenvalue weighted by atomic mass is 16.3. The Morgan fingerprint density at radius 3 is 3.00 bits per heavy atom. The van der Waals surface area contributed by atoms with Gasteiger partial charge in [-0.15, -0.1) is 0 Å². The highest BCUT2D eigenvalue weighted by Gasteiger charge is 2.26. The highest BCUT2D eigenvalue weighted by molar-refractivity contribution is 4.94. The van der Waals surface area contributed by atoms with E-state index in [0.29, 0.717) is 12.5 Å². The fourth-order valence-electron chi connectivity index (χ4n) is 1.90. The zero-order chi connectivity index (χ0) is 9.97. The SMILES string of the molecule is CCn1ccnc1CN1CC(CO)C1. The summed E-state index contributed by atoms with van der Waals surface area (Å²) in [5.41, 5.74) is 0. The monoisotopic (exact) mass is 195 g/mol. The molecule has 0 unspecified atom stereocenters. The Morgan fingerprint density at radius 1 is 1.57 bits per heavy atom. The van der Waals surface area contributed by atoms with Crippen LogP contribution in [0, 0.1) is 5.92 Å². The Hall–Kier alpha value is -0.870. The maximum absolute atomic E-state index is 8.88. The second-order valence-electron chi connectivity index (χ2n) is 3.87. The van der Waals surface area contributed by atoms with E-state index >= 15 is 0 Å². The molecule has 1 saturated heterocycles. The molecule has 0 bridgehead atoms. The molecule has 0 amide bonds. The van der Waals surface area contributed by atoms with Gasteiger partial charge in [0.05, 0.1) is 6.54 Å². The van der Waals surface area contributed by atoms with E-state index in [9.17, 15) is 0 Å². The molecule has 1 fully saturated rings. The van der Waals surface area contributed by atoms with Crippen LogP contribution in [0.1, 0.15) is 12.7 Å². The number of hydrogen-bond donors (Lipinski definition) is 1. The molecule has 1 aliphatic rings. The molecule has 4 heteroatoms. The molecule has 0 aliphatic carbocycles. The summed E-state index contributed by atoms with van der Waals surface area (Å²) in [6.45, 7) is 6.35. The second kappa shape index (κ2) is 4.11. The third-order valence-electron chi connectivity index (χ3n) is 2.80. The number of hydrogen-bond acceptors (Lipinski definition) is 3. The molecule has 0 saturated carbocycles. The standard InChI is InChI=1S/C10H17N3O/c1-2-13-4-3-11-10(13)7-12-5-9(6-12)8-14/h3-4,9,14H,2,5-8H2,1H3. The molecule has 0 atom stereocenters. The van der Waals surface area contributed by atoms with Crippen molar-refractivity contribution in [2.45, 2.75) is 20.0 Å². The van der Waals surface area contributed by atoms with Crippen LogP contribution in [-0.4, -0.2) is 39.3 Å². The number of nitrogens with zero attached hydrogens (tertiary/aromatic N) is 3. The lowest BCUT2D eigenvalue weighted by Gasteiger charge is -2.37. The van der Waals surface area contributed by atoms with Gasteiger partial charge in [-0.25, -0.2) is 4.98 Å². The van der Waals surface area contributed by atoms with Crippen LogP contribution >= 0.6 is 0 Å². The van der Waals surface area contributed by atoms with Crippen LogP contribution < -0.4 is 0 Å². The van der Waals surface area contributed by atoms with Crippen molar-refractivity contribution in [3.63, 3.8) is 0 Å². The summed E-state index contributed by atoms with van der Waals surface area (Å²) >= 11 is 0. The van der Waals surface area contributed by atoms with Crippen LogP contribution in [0.2, 0.25) is 0 Å². The van der Waals surface area contributed by atoms with Crippen molar-refractivity contribution >= 4 is 0 Å². The largest absolute Gasteiger partial charge is 0.396 e. The van der Waals surface area contributed by atoms with Crippen molar-refractivity contribution in [2.75, 3.05) is 19.7 Å². The van der Waals surface area contributed by atoms with E-state index in [0.717, 1.165) is 32.0 Å². The molecular formula is C10H17N3O. The predicted molar refractivity (Wildman–Crippen MR) is 53.8 cm³/mol. The number of aliphatic hydroxyl groups is 1. The molecule has 4 nitrogen and oxygen atoms in total. The number of likely N-dealkylation sites (tertiary alicyclic amines) is 1. The first-order valence-corrected chi connectivity index (χ1v) is 5.16. The van der Waals surface area contributed by atoms with Crippen LogP contribution in [0.25, 0.3) is 0 Å². The molecule has 1 aromatic heterocycles. The van der Waals surface area contributed by atoms with Gasteiger partial charge in [-0.05, 0) is 6.92 Å². The number of imidazole rings is 1. The van der Waals surface area contributed by atoms with E-state index in [1.807, 2.05) is 12.4 Å². The summed E-state index contributed by atoms with van der Waals surface area (Å²) in [4.78, 5) is 6.63. The molecule has 78 valence electrons. The molecular weight excluding hydrogens is 178 g/mol. The average Bonchev–Trinajstić information content (AvgIpc) is 2.57. The minimum absolute atomic E-state index is 0.318. The summed E-state index contributed by atoms with van der Waals surface area (Å²) in [6, 6.07) is 0. The number of aliphatic hydroxyl groups excluding tert-OH is 1. The van der Waals surface area contributed by atoms with Crippen molar-refractivity contribution in [2.24, 2.45) is 5.92 Å². The molecule has 1 aromatic rings. The molecule has 2 rings (SSSR count). The van der Waals surface area contributed by atoms with Gasteiger partial charge in [-0.1, -0.05) is 0 Å². The predicted octanol–water partition coefficient (Wildman–Crippen LogP) is 0.327. The van der Waals surface area contributed by atoms with Gasteiger partial charge >= 0.3 is 0 Å². The fourth-order valence-corrected chi connectivity index (χ4v) is 1.90. The molecule has 0 spiro atoms. The van der Waals surface area contributed by atoms with Gasteiger partial charge in [0.25, 0.3) is 0 Å².